The van der Waals surface area contributed by atoms with Gasteiger partial charge in [-0.15, -0.1) is 0 Å². The van der Waals surface area contributed by atoms with Gasteiger partial charge in [0.25, 0.3) is 0 Å². The first kappa shape index (κ1) is 12.0. The zero-order valence-electron chi connectivity index (χ0n) is 12.4. The Morgan fingerprint density at radius 1 is 1.43 bits per heavy atom. The minimum atomic E-state index is -0.234. The number of carbonyl (C=O) groups is 1. The Hall–Kier alpha value is -1.64. The van der Waals surface area contributed by atoms with Gasteiger partial charge in [-0.25, -0.2) is 4.58 Å². The second kappa shape index (κ2) is 3.57. The smallest absolute Gasteiger partial charge is 0.174 e. The van der Waals surface area contributed by atoms with E-state index in [9.17, 15) is 4.79 Å². The largest absolute Gasteiger partial charge is 0.481 e. The first-order chi connectivity index (χ1) is 10.1. The minimum absolute atomic E-state index is 0.0525. The van der Waals surface area contributed by atoms with Crippen molar-refractivity contribution in [3.05, 3.63) is 28.8 Å². The van der Waals surface area contributed by atoms with Crippen LogP contribution in [0.4, 0.5) is 0 Å². The van der Waals surface area contributed by atoms with Crippen LogP contribution in [-0.4, -0.2) is 35.8 Å². The van der Waals surface area contributed by atoms with Crippen LogP contribution in [0.3, 0.4) is 0 Å². The van der Waals surface area contributed by atoms with Crippen molar-refractivity contribution in [2.45, 2.75) is 50.2 Å². The van der Waals surface area contributed by atoms with Crippen molar-refractivity contribution in [1.29, 1.82) is 0 Å². The van der Waals surface area contributed by atoms with Crippen LogP contribution in [0.1, 0.15) is 36.0 Å². The normalized spacial score (nSPS) is 39.0. The number of aryl methyl sites for hydroxylation is 1. The van der Waals surface area contributed by atoms with E-state index in [2.05, 4.69) is 30.3 Å². The highest BCUT2D eigenvalue weighted by atomic mass is 16.5. The van der Waals surface area contributed by atoms with E-state index in [-0.39, 0.29) is 11.5 Å². The van der Waals surface area contributed by atoms with E-state index in [0.29, 0.717) is 24.2 Å². The van der Waals surface area contributed by atoms with E-state index in [4.69, 9.17) is 4.74 Å². The molecule has 3 nitrogen and oxygen atoms in total. The fraction of sp³-hybridized carbons (Fsp3) is 0.556. The summed E-state index contributed by atoms with van der Waals surface area (Å²) in [5, 5.41) is 0. The van der Waals surface area contributed by atoms with Crippen LogP contribution in [0.15, 0.2) is 12.1 Å². The summed E-state index contributed by atoms with van der Waals surface area (Å²) in [6, 6.07) is 4.87. The van der Waals surface area contributed by atoms with Gasteiger partial charge in [0.1, 0.15) is 19.0 Å². The van der Waals surface area contributed by atoms with Crippen molar-refractivity contribution >= 4 is 12.5 Å². The van der Waals surface area contributed by atoms with Gasteiger partial charge in [-0.05, 0) is 24.5 Å². The predicted octanol–water partition coefficient (Wildman–Crippen LogP) is 2.01. The molecule has 1 aromatic carbocycles. The maximum absolute atomic E-state index is 12.6. The Morgan fingerprint density at radius 2 is 2.29 bits per heavy atom. The van der Waals surface area contributed by atoms with Crippen LogP contribution in [0.5, 0.6) is 5.75 Å². The molecule has 1 spiro atoms. The summed E-state index contributed by atoms with van der Waals surface area (Å²) in [6.45, 7) is 7.34. The molecule has 108 valence electrons. The lowest BCUT2D eigenvalue weighted by molar-refractivity contribution is -0.587. The lowest BCUT2D eigenvalue weighted by Gasteiger charge is -2.51. The molecule has 4 unspecified atom stereocenters. The highest BCUT2D eigenvalue weighted by molar-refractivity contribution is 5.88. The molecule has 4 aliphatic rings. The summed E-state index contributed by atoms with van der Waals surface area (Å²) in [7, 11) is 0. The third-order valence-electron chi connectivity index (χ3n) is 6.44. The lowest BCUT2D eigenvalue weighted by atomic mass is 9.52. The maximum Gasteiger partial charge on any atom is 0.174 e. The van der Waals surface area contributed by atoms with Crippen LogP contribution in [0, 0.1) is 12.8 Å². The third kappa shape index (κ3) is 1.19. The summed E-state index contributed by atoms with van der Waals surface area (Å²) in [5.41, 5.74) is 3.90. The first-order valence-electron chi connectivity index (χ1n) is 8.02. The monoisotopic (exact) mass is 282 g/mol. The fourth-order valence-corrected chi connectivity index (χ4v) is 5.56. The Labute approximate surface area is 124 Å². The molecule has 1 aromatic rings. The van der Waals surface area contributed by atoms with Crippen LogP contribution in [0.25, 0.3) is 0 Å². The Balaban J connectivity index is 1.85. The number of carbonyl (C=O) groups excluding carboxylic acids is 1. The average Bonchev–Trinajstić information content (AvgIpc) is 2.83. The number of ketones is 1. The maximum atomic E-state index is 12.6. The molecule has 0 amide bonds. The summed E-state index contributed by atoms with van der Waals surface area (Å²) in [6.07, 6.45) is 3.51. The molecule has 0 N–H and O–H groups in total. The summed E-state index contributed by atoms with van der Waals surface area (Å²) in [5.74, 6) is 1.86. The van der Waals surface area contributed by atoms with Crippen molar-refractivity contribution in [3.8, 4) is 5.75 Å². The highest BCUT2D eigenvalue weighted by Gasteiger charge is 2.67. The molecule has 2 heterocycles. The molecule has 2 fully saturated rings. The van der Waals surface area contributed by atoms with E-state index in [1.54, 1.807) is 0 Å². The minimum Gasteiger partial charge on any atom is -0.481 e. The van der Waals surface area contributed by atoms with E-state index < -0.39 is 0 Å². The standard InChI is InChI=1S/C18H20NO2/c1-10-3-4-11-9-13-12-5-6-14(20)17-18(12,7-8-19(13)2)15(11)16(10)21-17/h3-4,12-13,17H,2,5-9H2,1H3/q+1. The number of nitrogens with zero attached hydrogens (tertiary/aromatic N) is 1. The number of benzene rings is 1. The quantitative estimate of drug-likeness (QED) is 0.681. The molecule has 0 aromatic heterocycles. The van der Waals surface area contributed by atoms with E-state index in [1.807, 2.05) is 0 Å². The van der Waals surface area contributed by atoms with Gasteiger partial charge >= 0.3 is 0 Å². The second-order valence-corrected chi connectivity index (χ2v) is 7.23. The highest BCUT2D eigenvalue weighted by Crippen LogP contribution is 2.61. The lowest BCUT2D eigenvalue weighted by Crippen LogP contribution is -2.64. The van der Waals surface area contributed by atoms with Crippen LogP contribution >= 0.6 is 0 Å². The van der Waals surface area contributed by atoms with Crippen LogP contribution in [-0.2, 0) is 16.6 Å². The second-order valence-electron chi connectivity index (χ2n) is 7.23. The van der Waals surface area contributed by atoms with Gasteiger partial charge in [0.2, 0.25) is 0 Å². The SMILES string of the molecule is C=[N+]1CCC23c4c5ccc(C)c4OC2C(=O)CCC3C1C5. The molecule has 2 aliphatic carbocycles. The van der Waals surface area contributed by atoms with Crippen molar-refractivity contribution in [3.63, 3.8) is 0 Å². The zero-order chi connectivity index (χ0) is 14.4. The average molecular weight is 282 g/mol. The number of hydrogen-bond acceptors (Lipinski definition) is 2. The molecule has 1 saturated heterocycles. The number of Topliss-reactive ketones (excluding diaryl/α,β-unsaturated/α-hetero) is 1. The van der Waals surface area contributed by atoms with Gasteiger partial charge in [0.05, 0.1) is 5.41 Å². The van der Waals surface area contributed by atoms with Crippen molar-refractivity contribution in [1.82, 2.24) is 0 Å². The number of rotatable bonds is 0. The molecule has 1 saturated carbocycles. The molecular formula is C18H20NO2+. The number of piperidine rings is 1. The van der Waals surface area contributed by atoms with Crippen LogP contribution in [0.2, 0.25) is 0 Å². The van der Waals surface area contributed by atoms with E-state index >= 15 is 0 Å². The van der Waals surface area contributed by atoms with Gasteiger partial charge in [-0.1, -0.05) is 12.1 Å². The molecule has 0 radical (unpaired) electrons. The predicted molar refractivity (Wildman–Crippen MR) is 79.4 cm³/mol. The molecule has 3 heteroatoms. The van der Waals surface area contributed by atoms with Crippen LogP contribution < -0.4 is 4.74 Å². The molecule has 21 heavy (non-hydrogen) atoms. The third-order valence-corrected chi connectivity index (χ3v) is 6.44. The van der Waals surface area contributed by atoms with E-state index in [1.165, 1.54) is 16.7 Å². The Bertz CT molecular complexity index is 707. The van der Waals surface area contributed by atoms with E-state index in [0.717, 1.165) is 31.6 Å². The van der Waals surface area contributed by atoms with Gasteiger partial charge < -0.3 is 4.74 Å². The van der Waals surface area contributed by atoms with Gasteiger partial charge in [-0.2, -0.15) is 0 Å². The Kier molecular flexibility index (Phi) is 2.03. The van der Waals surface area contributed by atoms with Gasteiger partial charge in [-0.3, -0.25) is 4.79 Å². The molecule has 4 atom stereocenters. The molecule has 2 aliphatic heterocycles. The van der Waals surface area contributed by atoms with Crippen molar-refractivity contribution < 1.29 is 14.1 Å². The van der Waals surface area contributed by atoms with Gasteiger partial charge in [0, 0.05) is 30.7 Å². The molecule has 2 bridgehead atoms. The van der Waals surface area contributed by atoms with Gasteiger partial charge in [0.15, 0.2) is 17.9 Å². The fourth-order valence-electron chi connectivity index (χ4n) is 5.56. The summed E-state index contributed by atoms with van der Waals surface area (Å²) < 4.78 is 8.54. The summed E-state index contributed by atoms with van der Waals surface area (Å²) >= 11 is 0. The molecule has 5 rings (SSSR count). The first-order valence-corrected chi connectivity index (χ1v) is 8.02. The van der Waals surface area contributed by atoms with Crippen molar-refractivity contribution in [2.24, 2.45) is 5.92 Å². The topological polar surface area (TPSA) is 29.3 Å². The summed E-state index contributed by atoms with van der Waals surface area (Å²) in [4.78, 5) is 12.6. The Morgan fingerprint density at radius 3 is 3.14 bits per heavy atom. The number of hydrogen-bond donors (Lipinski definition) is 0. The molecular weight excluding hydrogens is 262 g/mol. The van der Waals surface area contributed by atoms with Crippen molar-refractivity contribution in [2.75, 3.05) is 6.54 Å². The zero-order valence-corrected chi connectivity index (χ0v) is 12.4. The number of ether oxygens (including phenoxy) is 1.